The Morgan fingerprint density at radius 2 is 1.86 bits per heavy atom. The first-order valence-corrected chi connectivity index (χ1v) is 8.60. The SMILES string of the molecule is CC(NS(=O)(=O)c1ccccc1[N+](=O)[O-])c1cccc(Br)c1. The van der Waals surface area contributed by atoms with Gasteiger partial charge in [0.05, 0.1) is 4.92 Å². The van der Waals surface area contributed by atoms with Gasteiger partial charge in [0.1, 0.15) is 0 Å². The molecule has 0 aliphatic rings. The van der Waals surface area contributed by atoms with Gasteiger partial charge in [-0.05, 0) is 30.7 Å². The van der Waals surface area contributed by atoms with Crippen molar-refractivity contribution in [2.75, 3.05) is 0 Å². The van der Waals surface area contributed by atoms with Gasteiger partial charge >= 0.3 is 0 Å². The van der Waals surface area contributed by atoms with Crippen LogP contribution in [0.2, 0.25) is 0 Å². The lowest BCUT2D eigenvalue weighted by Crippen LogP contribution is -2.27. The van der Waals surface area contributed by atoms with Crippen LogP contribution in [0.1, 0.15) is 18.5 Å². The summed E-state index contributed by atoms with van der Waals surface area (Å²) in [5.41, 5.74) is 0.299. The Labute approximate surface area is 136 Å². The van der Waals surface area contributed by atoms with Crippen LogP contribution >= 0.6 is 15.9 Å². The fourth-order valence-electron chi connectivity index (χ4n) is 1.98. The highest BCUT2D eigenvalue weighted by atomic mass is 79.9. The van der Waals surface area contributed by atoms with Gasteiger partial charge in [-0.25, -0.2) is 13.1 Å². The fourth-order valence-corrected chi connectivity index (χ4v) is 3.80. The van der Waals surface area contributed by atoms with Gasteiger partial charge in [0.15, 0.2) is 4.90 Å². The molecule has 0 spiro atoms. The molecule has 0 amide bonds. The van der Waals surface area contributed by atoms with E-state index in [1.807, 2.05) is 6.07 Å². The second kappa shape index (κ2) is 6.55. The predicted octanol–water partition coefficient (Wildman–Crippen LogP) is 3.40. The summed E-state index contributed by atoms with van der Waals surface area (Å²) in [6, 6.07) is 11.9. The van der Waals surface area contributed by atoms with Crippen molar-refractivity contribution in [2.45, 2.75) is 17.9 Å². The molecule has 0 heterocycles. The van der Waals surface area contributed by atoms with Crippen molar-refractivity contribution < 1.29 is 13.3 Å². The maximum Gasteiger partial charge on any atom is 0.289 e. The number of halogens is 1. The van der Waals surface area contributed by atoms with Crippen LogP contribution in [0.3, 0.4) is 0 Å². The molecule has 2 aromatic rings. The van der Waals surface area contributed by atoms with Crippen LogP contribution in [0, 0.1) is 10.1 Å². The van der Waals surface area contributed by atoms with Crippen LogP contribution in [-0.4, -0.2) is 13.3 Å². The number of sulfonamides is 1. The zero-order valence-corrected chi connectivity index (χ0v) is 14.0. The second-order valence-electron chi connectivity index (χ2n) is 4.62. The van der Waals surface area contributed by atoms with Crippen molar-refractivity contribution >= 4 is 31.6 Å². The number of nitro groups is 1. The zero-order chi connectivity index (χ0) is 16.3. The number of hydrogen-bond donors (Lipinski definition) is 1. The summed E-state index contributed by atoms with van der Waals surface area (Å²) in [6.07, 6.45) is 0. The van der Waals surface area contributed by atoms with Gasteiger partial charge in [-0.2, -0.15) is 0 Å². The van der Waals surface area contributed by atoms with Crippen molar-refractivity contribution in [1.82, 2.24) is 4.72 Å². The maximum absolute atomic E-state index is 12.4. The number of nitrogens with zero attached hydrogens (tertiary/aromatic N) is 1. The Bertz CT molecular complexity index is 808. The number of para-hydroxylation sites is 1. The first-order valence-electron chi connectivity index (χ1n) is 6.32. The van der Waals surface area contributed by atoms with E-state index in [2.05, 4.69) is 20.7 Å². The monoisotopic (exact) mass is 384 g/mol. The minimum atomic E-state index is -4.00. The quantitative estimate of drug-likeness (QED) is 0.631. The molecule has 0 aliphatic carbocycles. The maximum atomic E-state index is 12.4. The zero-order valence-electron chi connectivity index (χ0n) is 11.6. The van der Waals surface area contributed by atoms with E-state index in [1.54, 1.807) is 25.1 Å². The summed E-state index contributed by atoms with van der Waals surface area (Å²) in [7, 11) is -4.00. The molecule has 22 heavy (non-hydrogen) atoms. The van der Waals surface area contributed by atoms with Gasteiger partial charge in [-0.15, -0.1) is 0 Å². The molecule has 1 unspecified atom stereocenters. The highest BCUT2D eigenvalue weighted by Gasteiger charge is 2.26. The molecule has 0 bridgehead atoms. The van der Waals surface area contributed by atoms with Crippen molar-refractivity contribution in [2.24, 2.45) is 0 Å². The molecule has 8 heteroatoms. The van der Waals surface area contributed by atoms with Crippen LogP contribution in [0.4, 0.5) is 5.69 Å². The molecular formula is C14H13BrN2O4S. The van der Waals surface area contributed by atoms with Crippen molar-refractivity contribution in [3.8, 4) is 0 Å². The molecule has 0 radical (unpaired) electrons. The lowest BCUT2D eigenvalue weighted by molar-refractivity contribution is -0.387. The molecule has 1 atom stereocenters. The summed E-state index contributed by atoms with van der Waals surface area (Å²) < 4.78 is 28.1. The van der Waals surface area contributed by atoms with E-state index < -0.39 is 26.7 Å². The first kappa shape index (κ1) is 16.6. The third kappa shape index (κ3) is 3.70. The highest BCUT2D eigenvalue weighted by Crippen LogP contribution is 2.25. The third-order valence-corrected chi connectivity index (χ3v) is 5.11. The molecule has 116 valence electrons. The number of hydrogen-bond acceptors (Lipinski definition) is 4. The molecule has 0 saturated carbocycles. The Morgan fingerprint density at radius 3 is 2.50 bits per heavy atom. The summed E-state index contributed by atoms with van der Waals surface area (Å²) in [5.74, 6) is 0. The second-order valence-corrected chi connectivity index (χ2v) is 7.22. The molecule has 0 fully saturated rings. The average molecular weight is 385 g/mol. The van der Waals surface area contributed by atoms with Crippen molar-refractivity contribution in [3.05, 3.63) is 68.7 Å². The highest BCUT2D eigenvalue weighted by molar-refractivity contribution is 9.10. The lowest BCUT2D eigenvalue weighted by Gasteiger charge is -2.15. The van der Waals surface area contributed by atoms with Crippen LogP contribution in [-0.2, 0) is 10.0 Å². The van der Waals surface area contributed by atoms with Crippen LogP contribution in [0.15, 0.2) is 57.9 Å². The van der Waals surface area contributed by atoms with Gasteiger partial charge in [-0.1, -0.05) is 40.2 Å². The molecule has 0 aromatic heterocycles. The number of nitrogens with one attached hydrogen (secondary N) is 1. The molecule has 6 nitrogen and oxygen atoms in total. The molecular weight excluding hydrogens is 372 g/mol. The summed E-state index contributed by atoms with van der Waals surface area (Å²) in [6.45, 7) is 1.67. The number of rotatable bonds is 5. The number of nitro benzene ring substituents is 1. The third-order valence-electron chi connectivity index (χ3n) is 3.03. The standard InChI is InChI=1S/C14H13BrN2O4S/c1-10(11-5-4-6-12(15)9-11)16-22(20,21)14-8-3-2-7-13(14)17(18)19/h2-10,16H,1H3. The van der Waals surface area contributed by atoms with E-state index in [0.29, 0.717) is 0 Å². The summed E-state index contributed by atoms with van der Waals surface area (Å²) >= 11 is 3.32. The normalized spacial score (nSPS) is 12.8. The van der Waals surface area contributed by atoms with E-state index in [0.717, 1.165) is 10.0 Å². The van der Waals surface area contributed by atoms with Crippen LogP contribution in [0.25, 0.3) is 0 Å². The molecule has 1 N–H and O–H groups in total. The Hall–Kier alpha value is -1.77. The Morgan fingerprint density at radius 1 is 1.18 bits per heavy atom. The minimum absolute atomic E-state index is 0.346. The average Bonchev–Trinajstić information content (AvgIpc) is 2.46. The molecule has 0 saturated heterocycles. The van der Waals surface area contributed by atoms with E-state index in [4.69, 9.17) is 0 Å². The summed E-state index contributed by atoms with van der Waals surface area (Å²) in [5, 5.41) is 11.0. The predicted molar refractivity (Wildman–Crippen MR) is 86.0 cm³/mol. The summed E-state index contributed by atoms with van der Waals surface area (Å²) in [4.78, 5) is 9.92. The van der Waals surface area contributed by atoms with Crippen LogP contribution in [0.5, 0.6) is 0 Å². The van der Waals surface area contributed by atoms with E-state index in [1.165, 1.54) is 24.3 Å². The van der Waals surface area contributed by atoms with Gasteiger partial charge in [0.2, 0.25) is 10.0 Å². The van der Waals surface area contributed by atoms with E-state index in [9.17, 15) is 18.5 Å². The Balaban J connectivity index is 2.34. The topological polar surface area (TPSA) is 89.3 Å². The van der Waals surface area contributed by atoms with Gasteiger partial charge in [0.25, 0.3) is 5.69 Å². The molecule has 2 rings (SSSR count). The van der Waals surface area contributed by atoms with Gasteiger partial charge in [0, 0.05) is 16.6 Å². The van der Waals surface area contributed by atoms with Crippen molar-refractivity contribution in [1.29, 1.82) is 0 Å². The van der Waals surface area contributed by atoms with Crippen LogP contribution < -0.4 is 4.72 Å². The van der Waals surface area contributed by atoms with E-state index >= 15 is 0 Å². The lowest BCUT2D eigenvalue weighted by atomic mass is 10.1. The smallest absolute Gasteiger partial charge is 0.258 e. The minimum Gasteiger partial charge on any atom is -0.258 e. The fraction of sp³-hybridized carbons (Fsp3) is 0.143. The first-order chi connectivity index (χ1) is 10.3. The molecule has 2 aromatic carbocycles. The van der Waals surface area contributed by atoms with Gasteiger partial charge in [-0.3, -0.25) is 10.1 Å². The van der Waals surface area contributed by atoms with E-state index in [-0.39, 0.29) is 4.90 Å². The molecule has 0 aliphatic heterocycles. The van der Waals surface area contributed by atoms with Gasteiger partial charge < -0.3 is 0 Å². The number of benzene rings is 2. The Kier molecular flexibility index (Phi) is 4.94. The van der Waals surface area contributed by atoms with Crippen molar-refractivity contribution in [3.63, 3.8) is 0 Å². The largest absolute Gasteiger partial charge is 0.289 e.